The van der Waals surface area contributed by atoms with Crippen LogP contribution in [0.2, 0.25) is 0 Å². The van der Waals surface area contributed by atoms with Gasteiger partial charge in [0, 0.05) is 17.3 Å². The third kappa shape index (κ3) is 4.31. The van der Waals surface area contributed by atoms with E-state index < -0.39 is 10.1 Å². The van der Waals surface area contributed by atoms with Crippen LogP contribution in [0.25, 0.3) is 5.52 Å². The van der Waals surface area contributed by atoms with Crippen LogP contribution in [0.1, 0.15) is 58.1 Å². The van der Waals surface area contributed by atoms with E-state index in [4.69, 9.17) is 4.18 Å². The summed E-state index contributed by atoms with van der Waals surface area (Å²) in [5, 5.41) is 0. The van der Waals surface area contributed by atoms with Crippen LogP contribution in [0.3, 0.4) is 0 Å². The summed E-state index contributed by atoms with van der Waals surface area (Å²) in [5.41, 5.74) is 5.19. The number of carbonyl (C=O) groups is 1. The highest BCUT2D eigenvalue weighted by molar-refractivity contribution is 7.87. The molecule has 6 heteroatoms. The number of aryl methyl sites for hydroxylation is 3. The summed E-state index contributed by atoms with van der Waals surface area (Å²) in [6.45, 7) is 9.52. The zero-order valence-corrected chi connectivity index (χ0v) is 20.2. The first-order valence-corrected chi connectivity index (χ1v) is 12.3. The van der Waals surface area contributed by atoms with Gasteiger partial charge in [-0.15, -0.1) is 0 Å². The number of hydrogen-bond acceptors (Lipinski definition) is 4. The van der Waals surface area contributed by atoms with E-state index in [0.29, 0.717) is 22.4 Å². The predicted molar refractivity (Wildman–Crippen MR) is 130 cm³/mol. The van der Waals surface area contributed by atoms with E-state index in [2.05, 4.69) is 13.8 Å². The number of rotatable bonds is 6. The van der Waals surface area contributed by atoms with Gasteiger partial charge in [-0.3, -0.25) is 4.79 Å². The molecule has 0 N–H and O–H groups in total. The van der Waals surface area contributed by atoms with Crippen LogP contribution in [0.5, 0.6) is 5.75 Å². The van der Waals surface area contributed by atoms with Crippen LogP contribution >= 0.6 is 0 Å². The first-order chi connectivity index (χ1) is 15.6. The van der Waals surface area contributed by atoms with Gasteiger partial charge in [0.05, 0.1) is 5.69 Å². The molecule has 0 saturated carbocycles. The second kappa shape index (κ2) is 8.52. The van der Waals surface area contributed by atoms with Crippen LogP contribution in [0.4, 0.5) is 0 Å². The number of aromatic nitrogens is 1. The lowest BCUT2D eigenvalue weighted by Crippen LogP contribution is -2.13. The molecule has 0 aliphatic rings. The average molecular weight is 462 g/mol. The fourth-order valence-corrected chi connectivity index (χ4v) is 5.09. The molecule has 0 atom stereocenters. The van der Waals surface area contributed by atoms with Gasteiger partial charge in [-0.2, -0.15) is 8.42 Å². The van der Waals surface area contributed by atoms with Crippen molar-refractivity contribution in [1.29, 1.82) is 0 Å². The Morgan fingerprint density at radius 3 is 2.15 bits per heavy atom. The number of hydrogen-bond donors (Lipinski definition) is 0. The first kappa shape index (κ1) is 22.8. The predicted octanol–water partition coefficient (Wildman–Crippen LogP) is 5.99. The molecule has 2 aromatic heterocycles. The van der Waals surface area contributed by atoms with Gasteiger partial charge >= 0.3 is 10.1 Å². The molecule has 2 aromatic carbocycles. The molecule has 4 rings (SSSR count). The van der Waals surface area contributed by atoms with E-state index in [1.807, 2.05) is 41.8 Å². The highest BCUT2D eigenvalue weighted by Crippen LogP contribution is 2.31. The maximum Gasteiger partial charge on any atom is 0.339 e. The van der Waals surface area contributed by atoms with Crippen molar-refractivity contribution < 1.29 is 17.4 Å². The Labute approximate surface area is 194 Å². The van der Waals surface area contributed by atoms with Gasteiger partial charge in [0.15, 0.2) is 0 Å². The van der Waals surface area contributed by atoms with Crippen LogP contribution in [0.15, 0.2) is 71.8 Å². The fraction of sp³-hybridized carbons (Fsp3) is 0.222. The highest BCUT2D eigenvalue weighted by Gasteiger charge is 2.24. The summed E-state index contributed by atoms with van der Waals surface area (Å²) in [6, 6.07) is 17.8. The first-order valence-electron chi connectivity index (χ1n) is 10.9. The minimum Gasteiger partial charge on any atom is -0.378 e. The van der Waals surface area contributed by atoms with E-state index in [1.54, 1.807) is 38.1 Å². The molecule has 4 aromatic rings. The van der Waals surface area contributed by atoms with Crippen molar-refractivity contribution in [2.24, 2.45) is 0 Å². The molecule has 5 nitrogen and oxygen atoms in total. The maximum atomic E-state index is 13.6. The number of pyridine rings is 1. The minimum absolute atomic E-state index is 0.0910. The summed E-state index contributed by atoms with van der Waals surface area (Å²) >= 11 is 0. The highest BCUT2D eigenvalue weighted by atomic mass is 32.2. The lowest BCUT2D eigenvalue weighted by atomic mass is 9.96. The van der Waals surface area contributed by atoms with Crippen molar-refractivity contribution in [1.82, 2.24) is 4.40 Å². The van der Waals surface area contributed by atoms with Gasteiger partial charge in [-0.1, -0.05) is 37.6 Å². The lowest BCUT2D eigenvalue weighted by molar-refractivity contribution is 0.103. The molecule has 0 bridgehead atoms. The molecular weight excluding hydrogens is 434 g/mol. The van der Waals surface area contributed by atoms with Gasteiger partial charge in [0.1, 0.15) is 10.6 Å². The summed E-state index contributed by atoms with van der Waals surface area (Å²) in [7, 11) is -3.99. The molecular formula is C27H27NO4S. The van der Waals surface area contributed by atoms with Crippen molar-refractivity contribution in [3.63, 3.8) is 0 Å². The zero-order valence-electron chi connectivity index (χ0n) is 19.4. The van der Waals surface area contributed by atoms with E-state index in [9.17, 15) is 13.2 Å². The Hall–Kier alpha value is -3.38. The molecule has 0 fully saturated rings. The maximum absolute atomic E-state index is 13.6. The molecule has 0 amide bonds. The minimum atomic E-state index is -3.99. The van der Waals surface area contributed by atoms with Crippen molar-refractivity contribution in [3.05, 3.63) is 100 Å². The zero-order chi connectivity index (χ0) is 23.9. The average Bonchev–Trinajstić information content (AvgIpc) is 3.16. The smallest absolute Gasteiger partial charge is 0.339 e. The Bertz CT molecular complexity index is 1440. The van der Waals surface area contributed by atoms with E-state index in [1.165, 1.54) is 12.1 Å². The molecule has 33 heavy (non-hydrogen) atoms. The Morgan fingerprint density at radius 2 is 1.55 bits per heavy atom. The van der Waals surface area contributed by atoms with Crippen LogP contribution in [-0.2, 0) is 10.1 Å². The second-order valence-corrected chi connectivity index (χ2v) is 10.3. The summed E-state index contributed by atoms with van der Waals surface area (Å²) in [5.74, 6) is 0.313. The van der Waals surface area contributed by atoms with E-state index in [-0.39, 0.29) is 22.3 Å². The van der Waals surface area contributed by atoms with Crippen LogP contribution < -0.4 is 4.18 Å². The summed E-state index contributed by atoms with van der Waals surface area (Å²) < 4.78 is 33.0. The Balaban J connectivity index is 1.74. The fourth-order valence-electron chi connectivity index (χ4n) is 4.04. The topological polar surface area (TPSA) is 64.9 Å². The van der Waals surface area contributed by atoms with E-state index in [0.717, 1.165) is 16.6 Å². The molecule has 2 heterocycles. The normalized spacial score (nSPS) is 11.8. The standard InChI is InChI=1S/C27H27NO4S/c1-17(2)24-16-22-8-6-7-13-28(22)25(24)26(29)21-14-19(4)27(20(5)15-21)32-33(30,31)23-11-9-18(3)10-12-23/h6-17H,1-5H3. The van der Waals surface area contributed by atoms with Crippen molar-refractivity contribution >= 4 is 21.4 Å². The van der Waals surface area contributed by atoms with Crippen molar-refractivity contribution in [2.45, 2.75) is 45.4 Å². The molecule has 170 valence electrons. The molecule has 0 saturated heterocycles. The molecule has 0 aliphatic heterocycles. The van der Waals surface area contributed by atoms with Crippen LogP contribution in [-0.4, -0.2) is 18.6 Å². The molecule has 0 aliphatic carbocycles. The lowest BCUT2D eigenvalue weighted by Gasteiger charge is -2.15. The number of nitrogens with zero attached hydrogens (tertiary/aromatic N) is 1. The molecule has 0 radical (unpaired) electrons. The summed E-state index contributed by atoms with van der Waals surface area (Å²) in [4.78, 5) is 13.7. The number of carbonyl (C=O) groups excluding carboxylic acids is 1. The Kier molecular flexibility index (Phi) is 5.89. The quantitative estimate of drug-likeness (QED) is 0.261. The Morgan fingerprint density at radius 1 is 0.909 bits per heavy atom. The monoisotopic (exact) mass is 461 g/mol. The molecule has 0 unspecified atom stereocenters. The van der Waals surface area contributed by atoms with Gasteiger partial charge in [-0.25, -0.2) is 0 Å². The second-order valence-electron chi connectivity index (χ2n) is 8.72. The number of ketones is 1. The largest absolute Gasteiger partial charge is 0.378 e. The van der Waals surface area contributed by atoms with Gasteiger partial charge in [0.25, 0.3) is 0 Å². The summed E-state index contributed by atoms with van der Waals surface area (Å²) in [6.07, 6.45) is 1.89. The molecule has 0 spiro atoms. The number of fused-ring (bicyclic) bond motifs is 1. The third-order valence-corrected chi connectivity index (χ3v) is 7.01. The van der Waals surface area contributed by atoms with Gasteiger partial charge in [-0.05, 0) is 85.8 Å². The SMILES string of the molecule is Cc1ccc(S(=O)(=O)Oc2c(C)cc(C(=O)c3c(C(C)C)cc4ccccn34)cc2C)cc1. The third-order valence-electron chi connectivity index (χ3n) is 5.77. The van der Waals surface area contributed by atoms with E-state index >= 15 is 0 Å². The number of benzene rings is 2. The van der Waals surface area contributed by atoms with Gasteiger partial charge < -0.3 is 8.58 Å². The van der Waals surface area contributed by atoms with Crippen molar-refractivity contribution in [3.8, 4) is 5.75 Å². The van der Waals surface area contributed by atoms with Crippen LogP contribution in [0, 0.1) is 20.8 Å². The van der Waals surface area contributed by atoms with Gasteiger partial charge in [0.2, 0.25) is 5.78 Å². The van der Waals surface area contributed by atoms with Crippen molar-refractivity contribution in [2.75, 3.05) is 0 Å².